The van der Waals surface area contributed by atoms with Crippen LogP contribution in [0.3, 0.4) is 0 Å². The third-order valence-corrected chi connectivity index (χ3v) is 9.50. The Morgan fingerprint density at radius 2 is 1.41 bits per heavy atom. The lowest BCUT2D eigenvalue weighted by molar-refractivity contribution is -0.387. The number of nitro benzene ring substituents is 1. The van der Waals surface area contributed by atoms with E-state index < -0.39 is 54.8 Å². The summed E-state index contributed by atoms with van der Waals surface area (Å²) >= 11 is 0. The number of hydrogen-bond acceptors (Lipinski definition) is 10. The minimum absolute atomic E-state index is 0.0886. The third kappa shape index (κ3) is 9.73. The van der Waals surface area contributed by atoms with Crippen molar-refractivity contribution in [1.82, 2.24) is 10.6 Å². The lowest BCUT2D eigenvalue weighted by Crippen LogP contribution is -2.32. The number of anilines is 1. The molecule has 0 spiro atoms. The number of carboxylic acids is 1. The minimum Gasteiger partial charge on any atom is -0.494 e. The van der Waals surface area contributed by atoms with Crippen LogP contribution in [0, 0.1) is 33.8 Å². The molecule has 0 saturated carbocycles. The number of carboxylic acid groups (broad SMARTS) is 1. The van der Waals surface area contributed by atoms with Crippen molar-refractivity contribution in [2.45, 2.75) is 37.2 Å². The van der Waals surface area contributed by atoms with E-state index in [4.69, 9.17) is 14.2 Å². The van der Waals surface area contributed by atoms with Crippen molar-refractivity contribution in [3.63, 3.8) is 0 Å². The maximum absolute atomic E-state index is 13.5. The quantitative estimate of drug-likeness (QED) is 0.0849. The first-order chi connectivity index (χ1) is 26.6. The van der Waals surface area contributed by atoms with Gasteiger partial charge in [0.15, 0.2) is 4.90 Å². The van der Waals surface area contributed by atoms with E-state index in [-0.39, 0.29) is 48.2 Å². The number of nitro groups is 1. The van der Waals surface area contributed by atoms with Gasteiger partial charge in [0.2, 0.25) is 0 Å². The van der Waals surface area contributed by atoms with E-state index >= 15 is 0 Å². The molecule has 0 atom stereocenters. The van der Waals surface area contributed by atoms with Crippen molar-refractivity contribution in [2.75, 3.05) is 31.5 Å². The van der Waals surface area contributed by atoms with Crippen LogP contribution in [0.25, 0.3) is 11.1 Å². The van der Waals surface area contributed by atoms with Gasteiger partial charge in [0.1, 0.15) is 18.0 Å². The Morgan fingerprint density at radius 3 is 1.93 bits per heavy atom. The number of carbonyl (C=O) groups excluding carboxylic acids is 2. The number of fused-ring (bicyclic) bond motifs is 3. The Labute approximate surface area is 322 Å². The van der Waals surface area contributed by atoms with Gasteiger partial charge >= 0.3 is 18.2 Å². The van der Waals surface area contributed by atoms with Gasteiger partial charge in [-0.3, -0.25) is 14.8 Å². The summed E-state index contributed by atoms with van der Waals surface area (Å²) in [4.78, 5) is 46.2. The number of carbonyl (C=O) groups is 3. The van der Waals surface area contributed by atoms with Crippen molar-refractivity contribution < 1.29 is 47.0 Å². The Balaban J connectivity index is 1.37. The van der Waals surface area contributed by atoms with Crippen LogP contribution in [0.1, 0.15) is 59.3 Å². The topological polar surface area (TPSA) is 212 Å². The number of ether oxygens (including phenoxy) is 3. The Hall–Kier alpha value is -7.04. The lowest BCUT2D eigenvalue weighted by Gasteiger charge is -2.19. The molecule has 0 radical (unpaired) electrons. The molecule has 0 aliphatic heterocycles. The molecule has 15 nitrogen and oxygen atoms in total. The number of aromatic carboxylic acids is 1. The van der Waals surface area contributed by atoms with E-state index in [1.807, 2.05) is 48.5 Å². The molecular weight excluding hydrogens is 745 g/mol. The monoisotopic (exact) mass is 780 g/mol. The van der Waals surface area contributed by atoms with Gasteiger partial charge in [0.05, 0.1) is 47.5 Å². The molecule has 56 heavy (non-hydrogen) atoms. The number of rotatable bonds is 10. The van der Waals surface area contributed by atoms with E-state index in [0.29, 0.717) is 6.07 Å². The molecule has 288 valence electrons. The molecule has 4 aromatic rings. The number of benzene rings is 4. The summed E-state index contributed by atoms with van der Waals surface area (Å²) in [6.45, 7) is 4.83. The standard InChI is InChI=1S/C40H36N4O11S/c1-40(2,3)55-39(48)42-20-10-12-26-22-28(43-56(51,52)35-18-17-27(37(45)46)23-34(35)44(49)50)21-25(36(26)53-4)11-9-19-41-38(47)54-24-33-31-15-7-5-13-29(31)30-14-6-8-16-32(30)33/h5-8,13-18,21-23,33,43H,19-20,24H2,1-4H3,(H,41,47)(H,42,48)(H,45,46). The van der Waals surface area contributed by atoms with Crippen LogP contribution in [0.5, 0.6) is 5.75 Å². The molecule has 0 unspecified atom stereocenters. The first-order valence-electron chi connectivity index (χ1n) is 16.9. The second-order valence-corrected chi connectivity index (χ2v) is 14.7. The molecule has 1 aliphatic carbocycles. The van der Waals surface area contributed by atoms with Crippen molar-refractivity contribution in [2.24, 2.45) is 0 Å². The highest BCUT2D eigenvalue weighted by Crippen LogP contribution is 2.44. The molecule has 0 aromatic heterocycles. The van der Waals surface area contributed by atoms with Crippen molar-refractivity contribution in [3.8, 4) is 40.6 Å². The van der Waals surface area contributed by atoms with Gasteiger partial charge in [-0.05, 0) is 67.3 Å². The molecule has 0 saturated heterocycles. The van der Waals surface area contributed by atoms with E-state index in [1.165, 1.54) is 19.2 Å². The third-order valence-electron chi connectivity index (χ3n) is 8.07. The fourth-order valence-electron chi connectivity index (χ4n) is 5.80. The number of nitrogens with zero attached hydrogens (tertiary/aromatic N) is 1. The zero-order valence-corrected chi connectivity index (χ0v) is 31.4. The highest BCUT2D eigenvalue weighted by atomic mass is 32.2. The van der Waals surface area contributed by atoms with Crippen LogP contribution >= 0.6 is 0 Å². The van der Waals surface area contributed by atoms with Gasteiger partial charge in [-0.2, -0.15) is 0 Å². The van der Waals surface area contributed by atoms with Crippen LogP contribution < -0.4 is 20.1 Å². The number of amides is 2. The molecular formula is C40H36N4O11S. The van der Waals surface area contributed by atoms with Crippen LogP contribution in [-0.2, 0) is 19.5 Å². The normalized spacial score (nSPS) is 11.6. The number of hydrogen-bond donors (Lipinski definition) is 4. The Kier molecular flexibility index (Phi) is 12.2. The highest BCUT2D eigenvalue weighted by molar-refractivity contribution is 7.92. The zero-order chi connectivity index (χ0) is 40.6. The van der Waals surface area contributed by atoms with Crippen molar-refractivity contribution in [3.05, 3.63) is 117 Å². The largest absolute Gasteiger partial charge is 0.494 e. The first-order valence-corrected chi connectivity index (χ1v) is 18.4. The Morgan fingerprint density at radius 1 is 0.857 bits per heavy atom. The lowest BCUT2D eigenvalue weighted by atomic mass is 9.98. The molecule has 4 N–H and O–H groups in total. The van der Waals surface area contributed by atoms with E-state index in [1.54, 1.807) is 20.8 Å². The summed E-state index contributed by atoms with van der Waals surface area (Å²) in [5.74, 6) is 9.60. The number of alkyl carbamates (subject to hydrolysis) is 2. The molecule has 0 bridgehead atoms. The number of methoxy groups -OCH3 is 1. The molecule has 5 rings (SSSR count). The second kappa shape index (κ2) is 17.0. The molecule has 0 fully saturated rings. The zero-order valence-electron chi connectivity index (χ0n) is 30.6. The Bertz CT molecular complexity index is 2410. The van der Waals surface area contributed by atoms with E-state index in [2.05, 4.69) is 39.0 Å². The first kappa shape index (κ1) is 40.2. The van der Waals surface area contributed by atoms with E-state index in [9.17, 15) is 38.0 Å². The molecule has 0 heterocycles. The SMILES string of the molecule is COc1c(C#CCNC(=O)OCC2c3ccccc3-c3ccccc32)cc(NS(=O)(=O)c2ccc(C(=O)O)cc2[N+](=O)[O-])cc1C#CCNC(=O)OC(C)(C)C. The summed E-state index contributed by atoms with van der Waals surface area (Å²) in [6, 6.07) is 20.8. The summed E-state index contributed by atoms with van der Waals surface area (Å²) in [5, 5.41) is 26.1. The summed E-state index contributed by atoms with van der Waals surface area (Å²) in [7, 11) is -3.36. The summed E-state index contributed by atoms with van der Waals surface area (Å²) in [5.41, 5.74) is 2.17. The predicted octanol–water partition coefficient (Wildman–Crippen LogP) is 5.87. The minimum atomic E-state index is -4.69. The van der Waals surface area contributed by atoms with Gasteiger partial charge in [-0.25, -0.2) is 22.8 Å². The van der Waals surface area contributed by atoms with Crippen LogP contribution in [-0.4, -0.2) is 69.0 Å². The fourth-order valence-corrected chi connectivity index (χ4v) is 6.99. The van der Waals surface area contributed by atoms with Crippen LogP contribution in [0.15, 0.2) is 83.8 Å². The van der Waals surface area contributed by atoms with Crippen molar-refractivity contribution in [1.29, 1.82) is 0 Å². The fraction of sp³-hybridized carbons (Fsp3) is 0.225. The maximum Gasteiger partial charge on any atom is 0.408 e. The highest BCUT2D eigenvalue weighted by Gasteiger charge is 2.30. The average Bonchev–Trinajstić information content (AvgIpc) is 3.46. The predicted molar refractivity (Wildman–Crippen MR) is 205 cm³/mol. The van der Waals surface area contributed by atoms with E-state index in [0.717, 1.165) is 34.4 Å². The average molecular weight is 781 g/mol. The summed E-state index contributed by atoms with van der Waals surface area (Å²) in [6.07, 6.45) is -1.43. The molecule has 1 aliphatic rings. The van der Waals surface area contributed by atoms with Gasteiger partial charge in [0.25, 0.3) is 15.7 Å². The summed E-state index contributed by atoms with van der Waals surface area (Å²) < 4.78 is 45.5. The van der Waals surface area contributed by atoms with Gasteiger partial charge in [-0.15, -0.1) is 0 Å². The number of nitrogens with one attached hydrogen (secondary N) is 3. The molecule has 4 aromatic carbocycles. The van der Waals surface area contributed by atoms with Gasteiger partial charge in [0, 0.05) is 12.0 Å². The second-order valence-electron chi connectivity index (χ2n) is 13.1. The van der Waals surface area contributed by atoms with Crippen molar-refractivity contribution >= 4 is 39.6 Å². The van der Waals surface area contributed by atoms with Gasteiger partial charge < -0.3 is 30.0 Å². The maximum atomic E-state index is 13.5. The van der Waals surface area contributed by atoms with Gasteiger partial charge in [-0.1, -0.05) is 72.2 Å². The molecule has 16 heteroatoms. The van der Waals surface area contributed by atoms with Crippen LogP contribution in [0.2, 0.25) is 0 Å². The number of sulfonamides is 1. The smallest absolute Gasteiger partial charge is 0.408 e. The van der Waals surface area contributed by atoms with Crippen LogP contribution in [0.4, 0.5) is 21.0 Å². The molecule has 2 amide bonds.